The molecule has 0 bridgehead atoms. The van der Waals surface area contributed by atoms with E-state index in [0.29, 0.717) is 16.7 Å². The van der Waals surface area contributed by atoms with Gasteiger partial charge in [0.25, 0.3) is 0 Å². The van der Waals surface area contributed by atoms with E-state index in [-0.39, 0.29) is 24.0 Å². The van der Waals surface area contributed by atoms with E-state index in [2.05, 4.69) is 20.6 Å². The van der Waals surface area contributed by atoms with Gasteiger partial charge in [0.15, 0.2) is 5.96 Å². The molecule has 2 aromatic rings. The Morgan fingerprint density at radius 2 is 2.13 bits per heavy atom. The first-order valence-electron chi connectivity index (χ1n) is 7.09. The molecular formula is C14H21Cl2IN6. The number of nitrogens with one attached hydrogen (secondary N) is 2. The zero-order valence-electron chi connectivity index (χ0n) is 13.1. The van der Waals surface area contributed by atoms with Crippen molar-refractivity contribution in [3.8, 4) is 0 Å². The van der Waals surface area contributed by atoms with Crippen LogP contribution in [0.4, 0.5) is 0 Å². The third kappa shape index (κ3) is 5.89. The summed E-state index contributed by atoms with van der Waals surface area (Å²) in [7, 11) is 1.87. The average molecular weight is 471 g/mol. The van der Waals surface area contributed by atoms with Gasteiger partial charge in [0.1, 0.15) is 5.15 Å². The van der Waals surface area contributed by atoms with Gasteiger partial charge in [0.2, 0.25) is 0 Å². The molecular weight excluding hydrogens is 450 g/mol. The summed E-state index contributed by atoms with van der Waals surface area (Å²) in [6.07, 6.45) is 5.49. The van der Waals surface area contributed by atoms with Gasteiger partial charge < -0.3 is 19.8 Å². The number of halogens is 3. The second-order valence-electron chi connectivity index (χ2n) is 4.76. The first-order valence-corrected chi connectivity index (χ1v) is 7.85. The van der Waals surface area contributed by atoms with E-state index in [1.54, 1.807) is 12.5 Å². The molecule has 2 N–H and O–H groups in total. The first-order chi connectivity index (χ1) is 10.6. The molecule has 2 rings (SSSR count). The summed E-state index contributed by atoms with van der Waals surface area (Å²) in [5.41, 5.74) is 0.960. The van der Waals surface area contributed by atoms with Gasteiger partial charge in [-0.2, -0.15) is 0 Å². The molecule has 0 saturated carbocycles. The molecule has 0 fully saturated rings. The Morgan fingerprint density at radius 1 is 1.35 bits per heavy atom. The normalized spacial score (nSPS) is 11.2. The molecule has 0 amide bonds. The van der Waals surface area contributed by atoms with Crippen LogP contribution < -0.4 is 10.6 Å². The predicted octanol–water partition coefficient (Wildman–Crippen LogP) is 2.90. The van der Waals surface area contributed by atoms with Crippen molar-refractivity contribution in [2.45, 2.75) is 20.0 Å². The van der Waals surface area contributed by atoms with Crippen molar-refractivity contribution in [1.82, 2.24) is 24.8 Å². The lowest BCUT2D eigenvalue weighted by atomic mass is 10.4. The smallest absolute Gasteiger partial charge is 0.191 e. The van der Waals surface area contributed by atoms with Gasteiger partial charge in [0, 0.05) is 44.8 Å². The topological polar surface area (TPSA) is 59.2 Å². The Kier molecular flexibility index (Phi) is 8.78. The maximum Gasteiger partial charge on any atom is 0.191 e. The third-order valence-corrected chi connectivity index (χ3v) is 4.02. The summed E-state index contributed by atoms with van der Waals surface area (Å²) in [6.45, 7) is 4.92. The van der Waals surface area contributed by atoms with E-state index >= 15 is 0 Å². The predicted molar refractivity (Wildman–Crippen MR) is 106 cm³/mol. The molecule has 0 radical (unpaired) electrons. The van der Waals surface area contributed by atoms with E-state index in [4.69, 9.17) is 23.2 Å². The average Bonchev–Trinajstić information content (AvgIpc) is 3.10. The highest BCUT2D eigenvalue weighted by atomic mass is 127. The van der Waals surface area contributed by atoms with Gasteiger partial charge in [-0.05, 0) is 13.0 Å². The lowest BCUT2D eigenvalue weighted by molar-refractivity contribution is 0.661. The van der Waals surface area contributed by atoms with E-state index in [0.717, 1.165) is 31.3 Å². The van der Waals surface area contributed by atoms with Crippen molar-refractivity contribution >= 4 is 53.1 Å². The van der Waals surface area contributed by atoms with Crippen molar-refractivity contribution in [3.05, 3.63) is 40.7 Å². The van der Waals surface area contributed by atoms with Crippen molar-refractivity contribution < 1.29 is 0 Å². The van der Waals surface area contributed by atoms with Crippen LogP contribution in [0.25, 0.3) is 0 Å². The zero-order chi connectivity index (χ0) is 15.9. The first kappa shape index (κ1) is 20.1. The summed E-state index contributed by atoms with van der Waals surface area (Å²) in [5, 5.41) is 7.58. The van der Waals surface area contributed by atoms with Crippen LogP contribution in [-0.2, 0) is 20.1 Å². The summed E-state index contributed by atoms with van der Waals surface area (Å²) < 4.78 is 3.84. The van der Waals surface area contributed by atoms with Crippen LogP contribution >= 0.6 is 47.2 Å². The molecule has 9 heteroatoms. The van der Waals surface area contributed by atoms with Crippen molar-refractivity contribution in [1.29, 1.82) is 0 Å². The van der Waals surface area contributed by atoms with Crippen LogP contribution in [-0.4, -0.2) is 33.2 Å². The van der Waals surface area contributed by atoms with Crippen molar-refractivity contribution in [3.63, 3.8) is 0 Å². The van der Waals surface area contributed by atoms with Gasteiger partial charge >= 0.3 is 0 Å². The molecule has 0 aliphatic carbocycles. The molecule has 128 valence electrons. The maximum absolute atomic E-state index is 6.06. The number of guanidine groups is 1. The van der Waals surface area contributed by atoms with E-state index in [1.165, 1.54) is 0 Å². The Bertz CT molecular complexity index is 624. The minimum atomic E-state index is 0. The SMILES string of the molecule is CCNC(=NCc1cc(Cl)c(Cl)n1C)NCCn1ccnc1.I. The van der Waals surface area contributed by atoms with Crippen LogP contribution in [0.5, 0.6) is 0 Å². The number of hydrogen-bond donors (Lipinski definition) is 2. The standard InChI is InChI=1S/C14H20Cl2N6.HI/c1-3-18-14(19-5-7-22-6-4-17-10-22)20-9-11-8-12(15)13(16)21(11)2;/h4,6,8,10H,3,5,7,9H2,1-2H3,(H2,18,19,20);1H. The molecule has 2 heterocycles. The molecule has 0 unspecified atom stereocenters. The monoisotopic (exact) mass is 470 g/mol. The molecule has 0 aliphatic heterocycles. The largest absolute Gasteiger partial charge is 0.357 e. The molecule has 23 heavy (non-hydrogen) atoms. The fourth-order valence-electron chi connectivity index (χ4n) is 1.96. The molecule has 0 aromatic carbocycles. The quantitative estimate of drug-likeness (QED) is 0.387. The fraction of sp³-hybridized carbons (Fsp3) is 0.429. The Labute approximate surface area is 163 Å². The highest BCUT2D eigenvalue weighted by molar-refractivity contribution is 14.0. The Balaban J connectivity index is 0.00000264. The van der Waals surface area contributed by atoms with Gasteiger partial charge in [0.05, 0.1) is 17.9 Å². The van der Waals surface area contributed by atoms with Crippen molar-refractivity contribution in [2.75, 3.05) is 13.1 Å². The highest BCUT2D eigenvalue weighted by Crippen LogP contribution is 2.25. The zero-order valence-corrected chi connectivity index (χ0v) is 16.9. The van der Waals surface area contributed by atoms with Crippen LogP contribution in [0.2, 0.25) is 10.2 Å². The summed E-state index contributed by atoms with van der Waals surface area (Å²) in [6, 6.07) is 1.84. The fourth-order valence-corrected chi connectivity index (χ4v) is 2.38. The Hall–Kier alpha value is -0.930. The van der Waals surface area contributed by atoms with Gasteiger partial charge in [-0.15, -0.1) is 24.0 Å². The molecule has 0 saturated heterocycles. The number of aliphatic imine (C=N–C) groups is 1. The molecule has 0 atom stereocenters. The number of nitrogens with zero attached hydrogens (tertiary/aromatic N) is 4. The molecule has 0 spiro atoms. The number of imidazole rings is 1. The summed E-state index contributed by atoms with van der Waals surface area (Å²) in [5.74, 6) is 0.760. The van der Waals surface area contributed by atoms with E-state index in [9.17, 15) is 0 Å². The minimum Gasteiger partial charge on any atom is -0.357 e. The van der Waals surface area contributed by atoms with Crippen LogP contribution in [0.1, 0.15) is 12.6 Å². The van der Waals surface area contributed by atoms with Crippen LogP contribution in [0.15, 0.2) is 29.8 Å². The third-order valence-electron chi connectivity index (χ3n) is 3.18. The van der Waals surface area contributed by atoms with E-state index < -0.39 is 0 Å². The van der Waals surface area contributed by atoms with Gasteiger partial charge in [-0.25, -0.2) is 9.98 Å². The van der Waals surface area contributed by atoms with Crippen molar-refractivity contribution in [2.24, 2.45) is 12.0 Å². The molecule has 2 aromatic heterocycles. The molecule has 6 nitrogen and oxygen atoms in total. The lowest BCUT2D eigenvalue weighted by Gasteiger charge is -2.11. The van der Waals surface area contributed by atoms with Crippen LogP contribution in [0, 0.1) is 0 Å². The van der Waals surface area contributed by atoms with Gasteiger partial charge in [-0.1, -0.05) is 23.2 Å². The highest BCUT2D eigenvalue weighted by Gasteiger charge is 2.08. The second-order valence-corrected chi connectivity index (χ2v) is 5.52. The van der Waals surface area contributed by atoms with Gasteiger partial charge in [-0.3, -0.25) is 0 Å². The van der Waals surface area contributed by atoms with E-state index in [1.807, 2.05) is 35.4 Å². The summed E-state index contributed by atoms with van der Waals surface area (Å²) in [4.78, 5) is 8.56. The summed E-state index contributed by atoms with van der Waals surface area (Å²) >= 11 is 12.1. The Morgan fingerprint density at radius 3 is 2.70 bits per heavy atom. The second kappa shape index (κ2) is 10.0. The number of aromatic nitrogens is 3. The number of rotatable bonds is 6. The minimum absolute atomic E-state index is 0. The maximum atomic E-state index is 6.06. The van der Waals surface area contributed by atoms with Crippen LogP contribution in [0.3, 0.4) is 0 Å². The lowest BCUT2D eigenvalue weighted by Crippen LogP contribution is -2.38. The molecule has 0 aliphatic rings. The number of hydrogen-bond acceptors (Lipinski definition) is 2.